The highest BCUT2D eigenvalue weighted by molar-refractivity contribution is 7.09. The van der Waals surface area contributed by atoms with Gasteiger partial charge in [0, 0.05) is 17.5 Å². The minimum absolute atomic E-state index is 0.511. The SMILES string of the molecule is NCc1nc(-c2ccc(Cc3ccccc3)cc2)cs1. The van der Waals surface area contributed by atoms with E-state index in [0.717, 1.165) is 22.7 Å². The number of nitrogens with zero attached hydrogens (tertiary/aromatic N) is 1. The number of aromatic nitrogens is 1. The summed E-state index contributed by atoms with van der Waals surface area (Å²) >= 11 is 1.62. The fourth-order valence-electron chi connectivity index (χ4n) is 2.16. The number of benzene rings is 2. The van der Waals surface area contributed by atoms with Gasteiger partial charge >= 0.3 is 0 Å². The Morgan fingerprint density at radius 3 is 2.25 bits per heavy atom. The van der Waals surface area contributed by atoms with E-state index in [9.17, 15) is 0 Å². The van der Waals surface area contributed by atoms with E-state index in [0.29, 0.717) is 6.54 Å². The number of hydrogen-bond donors (Lipinski definition) is 1. The summed E-state index contributed by atoms with van der Waals surface area (Å²) < 4.78 is 0. The Bertz CT molecular complexity index is 672. The molecule has 1 heterocycles. The van der Waals surface area contributed by atoms with E-state index in [1.807, 2.05) is 6.07 Å². The van der Waals surface area contributed by atoms with Crippen LogP contribution < -0.4 is 5.73 Å². The fraction of sp³-hybridized carbons (Fsp3) is 0.118. The van der Waals surface area contributed by atoms with E-state index in [1.54, 1.807) is 11.3 Å². The second-order valence-electron chi connectivity index (χ2n) is 4.69. The Morgan fingerprint density at radius 1 is 0.900 bits per heavy atom. The smallest absolute Gasteiger partial charge is 0.107 e. The average molecular weight is 280 g/mol. The summed E-state index contributed by atoms with van der Waals surface area (Å²) in [5.41, 5.74) is 10.4. The molecule has 2 nitrogen and oxygen atoms in total. The van der Waals surface area contributed by atoms with Crippen LogP contribution in [0.25, 0.3) is 11.3 Å². The van der Waals surface area contributed by atoms with Gasteiger partial charge < -0.3 is 5.73 Å². The lowest BCUT2D eigenvalue weighted by Gasteiger charge is -2.03. The van der Waals surface area contributed by atoms with Gasteiger partial charge in [0.25, 0.3) is 0 Å². The molecular formula is C17H16N2S. The Hall–Kier alpha value is -1.97. The minimum Gasteiger partial charge on any atom is -0.325 e. The second-order valence-corrected chi connectivity index (χ2v) is 5.63. The lowest BCUT2D eigenvalue weighted by Crippen LogP contribution is -1.94. The summed E-state index contributed by atoms with van der Waals surface area (Å²) in [6.45, 7) is 0.511. The van der Waals surface area contributed by atoms with Gasteiger partial charge in [-0.05, 0) is 17.5 Å². The number of rotatable bonds is 4. The molecule has 0 atom stereocenters. The maximum absolute atomic E-state index is 5.60. The molecule has 20 heavy (non-hydrogen) atoms. The molecule has 0 saturated carbocycles. The molecule has 0 aliphatic carbocycles. The van der Waals surface area contributed by atoms with Crippen molar-refractivity contribution < 1.29 is 0 Å². The maximum atomic E-state index is 5.60. The molecule has 100 valence electrons. The summed E-state index contributed by atoms with van der Waals surface area (Å²) in [5, 5.41) is 3.04. The lowest BCUT2D eigenvalue weighted by atomic mass is 10.0. The van der Waals surface area contributed by atoms with Crippen molar-refractivity contribution in [3.8, 4) is 11.3 Å². The molecule has 0 unspecified atom stereocenters. The van der Waals surface area contributed by atoms with Crippen LogP contribution in [-0.2, 0) is 13.0 Å². The van der Waals surface area contributed by atoms with Gasteiger partial charge in [0.1, 0.15) is 5.01 Å². The first-order valence-electron chi connectivity index (χ1n) is 6.63. The summed E-state index contributed by atoms with van der Waals surface area (Å²) in [6.07, 6.45) is 0.965. The first kappa shape index (κ1) is 13.0. The predicted octanol–water partition coefficient (Wildman–Crippen LogP) is 3.86. The summed E-state index contributed by atoms with van der Waals surface area (Å²) in [6, 6.07) is 19.1. The van der Waals surface area contributed by atoms with Crippen LogP contribution in [-0.4, -0.2) is 4.98 Å². The lowest BCUT2D eigenvalue weighted by molar-refractivity contribution is 1.04. The zero-order valence-corrected chi connectivity index (χ0v) is 11.9. The van der Waals surface area contributed by atoms with E-state index >= 15 is 0 Å². The summed E-state index contributed by atoms with van der Waals surface area (Å²) in [4.78, 5) is 4.51. The van der Waals surface area contributed by atoms with Gasteiger partial charge in [-0.1, -0.05) is 54.6 Å². The van der Waals surface area contributed by atoms with Crippen LogP contribution in [0, 0.1) is 0 Å². The van der Waals surface area contributed by atoms with Crippen molar-refractivity contribution in [1.82, 2.24) is 4.98 Å². The monoisotopic (exact) mass is 280 g/mol. The topological polar surface area (TPSA) is 38.9 Å². The van der Waals surface area contributed by atoms with Crippen LogP contribution in [0.3, 0.4) is 0 Å². The van der Waals surface area contributed by atoms with Gasteiger partial charge in [0.15, 0.2) is 0 Å². The zero-order valence-electron chi connectivity index (χ0n) is 11.1. The molecule has 2 N–H and O–H groups in total. The standard InChI is InChI=1S/C17H16N2S/c18-11-17-19-16(12-20-17)15-8-6-14(7-9-15)10-13-4-2-1-3-5-13/h1-9,12H,10-11,18H2. The Balaban J connectivity index is 1.77. The molecule has 0 aliphatic rings. The van der Waals surface area contributed by atoms with Crippen molar-refractivity contribution in [1.29, 1.82) is 0 Å². The van der Waals surface area contributed by atoms with Gasteiger partial charge in [-0.2, -0.15) is 0 Å². The largest absolute Gasteiger partial charge is 0.325 e. The highest BCUT2D eigenvalue weighted by Crippen LogP contribution is 2.22. The molecule has 1 aromatic heterocycles. The third kappa shape index (κ3) is 2.95. The minimum atomic E-state index is 0.511. The highest BCUT2D eigenvalue weighted by Gasteiger charge is 2.03. The normalized spacial score (nSPS) is 10.7. The van der Waals surface area contributed by atoms with Crippen LogP contribution in [0.1, 0.15) is 16.1 Å². The fourth-order valence-corrected chi connectivity index (χ4v) is 2.85. The number of thiazole rings is 1. The van der Waals surface area contributed by atoms with Crippen LogP contribution in [0.15, 0.2) is 60.0 Å². The molecule has 0 amide bonds. The number of nitrogens with two attached hydrogens (primary N) is 1. The molecule has 3 heteroatoms. The molecule has 0 saturated heterocycles. The Morgan fingerprint density at radius 2 is 1.60 bits per heavy atom. The van der Waals surface area contributed by atoms with Crippen LogP contribution in [0.2, 0.25) is 0 Å². The van der Waals surface area contributed by atoms with Crippen LogP contribution in [0.4, 0.5) is 0 Å². The van der Waals surface area contributed by atoms with E-state index in [2.05, 4.69) is 58.9 Å². The van der Waals surface area contributed by atoms with E-state index in [4.69, 9.17) is 5.73 Å². The van der Waals surface area contributed by atoms with Crippen molar-refractivity contribution in [2.24, 2.45) is 5.73 Å². The van der Waals surface area contributed by atoms with Gasteiger partial charge in [0.05, 0.1) is 5.69 Å². The first-order valence-corrected chi connectivity index (χ1v) is 7.51. The van der Waals surface area contributed by atoms with Crippen molar-refractivity contribution in [2.45, 2.75) is 13.0 Å². The summed E-state index contributed by atoms with van der Waals surface area (Å²) in [7, 11) is 0. The maximum Gasteiger partial charge on any atom is 0.107 e. The van der Waals surface area contributed by atoms with E-state index < -0.39 is 0 Å². The quantitative estimate of drug-likeness (QED) is 0.788. The van der Waals surface area contributed by atoms with Gasteiger partial charge in [-0.15, -0.1) is 11.3 Å². The van der Waals surface area contributed by atoms with Crippen LogP contribution >= 0.6 is 11.3 Å². The van der Waals surface area contributed by atoms with Crippen LogP contribution in [0.5, 0.6) is 0 Å². The van der Waals surface area contributed by atoms with Gasteiger partial charge in [0.2, 0.25) is 0 Å². The van der Waals surface area contributed by atoms with E-state index in [1.165, 1.54) is 11.1 Å². The molecule has 0 spiro atoms. The van der Waals surface area contributed by atoms with Crippen molar-refractivity contribution in [2.75, 3.05) is 0 Å². The first-order chi connectivity index (χ1) is 9.85. The zero-order chi connectivity index (χ0) is 13.8. The molecule has 0 radical (unpaired) electrons. The molecule has 0 bridgehead atoms. The predicted molar refractivity (Wildman–Crippen MR) is 84.7 cm³/mol. The highest BCUT2D eigenvalue weighted by atomic mass is 32.1. The molecule has 3 aromatic rings. The Kier molecular flexibility index (Phi) is 3.90. The third-order valence-corrected chi connectivity index (χ3v) is 4.10. The molecule has 2 aromatic carbocycles. The number of hydrogen-bond acceptors (Lipinski definition) is 3. The third-order valence-electron chi connectivity index (χ3n) is 3.23. The Labute approximate surface area is 122 Å². The molecule has 0 fully saturated rings. The van der Waals surface area contributed by atoms with Crippen molar-refractivity contribution in [3.63, 3.8) is 0 Å². The summed E-state index contributed by atoms with van der Waals surface area (Å²) in [5.74, 6) is 0. The molecular weight excluding hydrogens is 264 g/mol. The molecule has 0 aliphatic heterocycles. The average Bonchev–Trinajstić information content (AvgIpc) is 2.98. The van der Waals surface area contributed by atoms with Gasteiger partial charge in [-0.3, -0.25) is 0 Å². The second kappa shape index (κ2) is 5.99. The molecule has 3 rings (SSSR count). The van der Waals surface area contributed by atoms with E-state index in [-0.39, 0.29) is 0 Å². The van der Waals surface area contributed by atoms with Crippen molar-refractivity contribution in [3.05, 3.63) is 76.1 Å². The van der Waals surface area contributed by atoms with Crippen molar-refractivity contribution >= 4 is 11.3 Å². The van der Waals surface area contributed by atoms with Gasteiger partial charge in [-0.25, -0.2) is 4.98 Å².